The van der Waals surface area contributed by atoms with Gasteiger partial charge in [-0.15, -0.1) is 0 Å². The minimum absolute atomic E-state index is 0.0378. The van der Waals surface area contributed by atoms with Crippen LogP contribution in [0, 0.1) is 24.2 Å². The number of amides is 1. The van der Waals surface area contributed by atoms with E-state index in [0.717, 1.165) is 18.4 Å². The number of carbonyl (C=O) groups is 1. The molecule has 1 aliphatic carbocycles. The smallest absolute Gasteiger partial charge is 0.251 e. The van der Waals surface area contributed by atoms with Gasteiger partial charge in [0.15, 0.2) is 0 Å². The molecule has 2 N–H and O–H groups in total. The summed E-state index contributed by atoms with van der Waals surface area (Å²) in [6.45, 7) is 2.08. The number of nitrogens with zero attached hydrogens (tertiary/aromatic N) is 1. The van der Waals surface area contributed by atoms with Gasteiger partial charge in [0.25, 0.3) is 5.91 Å². The molecule has 1 unspecified atom stereocenters. The van der Waals surface area contributed by atoms with Crippen molar-refractivity contribution in [2.45, 2.75) is 37.1 Å². The van der Waals surface area contributed by atoms with E-state index in [9.17, 15) is 13.2 Å². The first-order valence-electron chi connectivity index (χ1n) is 9.25. The number of hydrogen-bond acceptors (Lipinski definition) is 4. The Morgan fingerprint density at radius 2 is 1.79 bits per heavy atom. The zero-order valence-electron chi connectivity index (χ0n) is 15.7. The third-order valence-corrected chi connectivity index (χ3v) is 6.25. The van der Waals surface area contributed by atoms with Crippen molar-refractivity contribution in [1.29, 1.82) is 5.26 Å². The molecule has 2 aromatic carbocycles. The van der Waals surface area contributed by atoms with Gasteiger partial charge in [0, 0.05) is 18.5 Å². The van der Waals surface area contributed by atoms with Crippen molar-refractivity contribution >= 4 is 15.9 Å². The average Bonchev–Trinajstić information content (AvgIpc) is 3.52. The van der Waals surface area contributed by atoms with Gasteiger partial charge < -0.3 is 5.32 Å². The summed E-state index contributed by atoms with van der Waals surface area (Å²) in [4.78, 5) is 12.8. The molecule has 0 aliphatic heterocycles. The highest BCUT2D eigenvalue weighted by Gasteiger charge is 2.33. The molecule has 1 atom stereocenters. The van der Waals surface area contributed by atoms with Gasteiger partial charge in [0.2, 0.25) is 10.0 Å². The summed E-state index contributed by atoms with van der Waals surface area (Å²) in [6, 6.07) is 15.8. The molecule has 2 aromatic rings. The Hall–Kier alpha value is -2.69. The maximum Gasteiger partial charge on any atom is 0.251 e. The summed E-state index contributed by atoms with van der Waals surface area (Å²) >= 11 is 0. The van der Waals surface area contributed by atoms with Crippen molar-refractivity contribution in [3.63, 3.8) is 0 Å². The van der Waals surface area contributed by atoms with E-state index in [4.69, 9.17) is 5.26 Å². The van der Waals surface area contributed by atoms with E-state index in [-0.39, 0.29) is 29.8 Å². The lowest BCUT2D eigenvalue weighted by atomic mass is 10.0. The summed E-state index contributed by atoms with van der Waals surface area (Å²) < 4.78 is 26.7. The van der Waals surface area contributed by atoms with Gasteiger partial charge in [0.1, 0.15) is 0 Å². The zero-order chi connectivity index (χ0) is 20.1. The molecule has 0 saturated heterocycles. The van der Waals surface area contributed by atoms with Gasteiger partial charge >= 0.3 is 0 Å². The molecule has 1 fully saturated rings. The molecule has 3 rings (SSSR count). The quantitative estimate of drug-likeness (QED) is 0.669. The van der Waals surface area contributed by atoms with E-state index in [2.05, 4.69) is 10.0 Å². The van der Waals surface area contributed by atoms with Crippen molar-refractivity contribution in [2.24, 2.45) is 5.92 Å². The second-order valence-electron chi connectivity index (χ2n) is 7.03. The Morgan fingerprint density at radius 1 is 1.14 bits per heavy atom. The Labute approximate surface area is 165 Å². The number of aryl methyl sites for hydroxylation is 1. The number of benzene rings is 2. The van der Waals surface area contributed by atoms with Crippen LogP contribution in [0.25, 0.3) is 0 Å². The highest BCUT2D eigenvalue weighted by atomic mass is 32.2. The van der Waals surface area contributed by atoms with E-state index in [1.54, 1.807) is 0 Å². The number of nitrogens with one attached hydrogen (secondary N) is 2. The zero-order valence-corrected chi connectivity index (χ0v) is 16.5. The normalized spacial score (nSPS) is 14.9. The second-order valence-corrected chi connectivity index (χ2v) is 8.80. The number of hydrogen-bond donors (Lipinski definition) is 2. The Morgan fingerprint density at radius 3 is 2.36 bits per heavy atom. The molecule has 7 heteroatoms. The Balaban J connectivity index is 1.70. The first-order valence-corrected chi connectivity index (χ1v) is 10.7. The van der Waals surface area contributed by atoms with Gasteiger partial charge in [-0.1, -0.05) is 29.8 Å². The van der Waals surface area contributed by atoms with Crippen LogP contribution in [-0.4, -0.2) is 20.9 Å². The van der Waals surface area contributed by atoms with Crippen molar-refractivity contribution in [3.8, 4) is 6.07 Å². The topological polar surface area (TPSA) is 99.1 Å². The highest BCUT2D eigenvalue weighted by Crippen LogP contribution is 2.41. The van der Waals surface area contributed by atoms with E-state index >= 15 is 0 Å². The van der Waals surface area contributed by atoms with Crippen molar-refractivity contribution in [3.05, 3.63) is 65.2 Å². The average molecular weight is 398 g/mol. The lowest BCUT2D eigenvalue weighted by molar-refractivity contribution is 0.0931. The van der Waals surface area contributed by atoms with Gasteiger partial charge in [-0.05, 0) is 55.5 Å². The Bertz CT molecular complexity index is 973. The summed E-state index contributed by atoms with van der Waals surface area (Å²) in [5.41, 5.74) is 2.67. The summed E-state index contributed by atoms with van der Waals surface area (Å²) in [7, 11) is -3.68. The van der Waals surface area contributed by atoms with Crippen LogP contribution in [0.2, 0.25) is 0 Å². The minimum Gasteiger partial charge on any atom is -0.345 e. The third kappa shape index (κ3) is 4.97. The lowest BCUT2D eigenvalue weighted by Crippen LogP contribution is -2.30. The van der Waals surface area contributed by atoms with Crippen molar-refractivity contribution in [1.82, 2.24) is 10.0 Å². The molecular formula is C21H23N3O3S. The van der Waals surface area contributed by atoms with Crippen LogP contribution in [0.3, 0.4) is 0 Å². The molecule has 6 nitrogen and oxygen atoms in total. The maximum absolute atomic E-state index is 12.7. The predicted octanol–water partition coefficient (Wildman–Crippen LogP) is 3.07. The molecule has 0 aromatic heterocycles. The molecule has 1 aliphatic rings. The fourth-order valence-electron chi connectivity index (χ4n) is 3.01. The van der Waals surface area contributed by atoms with Gasteiger partial charge in [-0.25, -0.2) is 13.1 Å². The van der Waals surface area contributed by atoms with Crippen LogP contribution in [-0.2, 0) is 10.0 Å². The monoisotopic (exact) mass is 397 g/mol. The largest absolute Gasteiger partial charge is 0.345 e. The summed E-state index contributed by atoms with van der Waals surface area (Å²) in [5.74, 6) is 0.217. The molecular weight excluding hydrogens is 374 g/mol. The van der Waals surface area contributed by atoms with Crippen molar-refractivity contribution in [2.75, 3.05) is 6.54 Å². The molecule has 146 valence electrons. The SMILES string of the molecule is Cc1ccc(C(NC(=O)c2ccc(S(=O)(=O)NCCC#N)cc2)C2CC2)cc1. The van der Waals surface area contributed by atoms with E-state index in [1.807, 2.05) is 37.3 Å². The fraction of sp³-hybridized carbons (Fsp3) is 0.333. The number of nitriles is 1. The summed E-state index contributed by atoms with van der Waals surface area (Å²) in [5, 5.41) is 11.6. The van der Waals surface area contributed by atoms with Crippen LogP contribution in [0.15, 0.2) is 53.4 Å². The van der Waals surface area contributed by atoms with Gasteiger partial charge in [0.05, 0.1) is 17.0 Å². The summed E-state index contributed by atoms with van der Waals surface area (Å²) in [6.07, 6.45) is 2.27. The number of carbonyl (C=O) groups excluding carboxylic acids is 1. The number of sulfonamides is 1. The van der Waals surface area contributed by atoms with Crippen LogP contribution >= 0.6 is 0 Å². The van der Waals surface area contributed by atoms with Gasteiger partial charge in [-0.2, -0.15) is 5.26 Å². The van der Waals surface area contributed by atoms with E-state index in [0.29, 0.717) is 11.5 Å². The molecule has 0 radical (unpaired) electrons. The third-order valence-electron chi connectivity index (χ3n) is 4.77. The fourth-order valence-corrected chi connectivity index (χ4v) is 4.04. The molecule has 0 heterocycles. The molecule has 1 saturated carbocycles. The van der Waals surface area contributed by atoms with Crippen LogP contribution in [0.5, 0.6) is 0 Å². The highest BCUT2D eigenvalue weighted by molar-refractivity contribution is 7.89. The van der Waals surface area contributed by atoms with E-state index in [1.165, 1.54) is 29.8 Å². The second kappa shape index (κ2) is 8.55. The maximum atomic E-state index is 12.7. The molecule has 28 heavy (non-hydrogen) atoms. The van der Waals surface area contributed by atoms with Gasteiger partial charge in [-0.3, -0.25) is 4.79 Å². The number of rotatable bonds is 8. The van der Waals surface area contributed by atoms with Crippen LogP contribution < -0.4 is 10.0 Å². The molecule has 0 spiro atoms. The molecule has 1 amide bonds. The first kappa shape index (κ1) is 20.1. The predicted molar refractivity (Wildman–Crippen MR) is 106 cm³/mol. The van der Waals surface area contributed by atoms with Crippen LogP contribution in [0.1, 0.15) is 46.8 Å². The Kier molecular flexibility index (Phi) is 6.12. The standard InChI is InChI=1S/C21H23N3O3S/c1-15-3-5-16(6-4-15)20(17-7-8-17)24-21(25)18-9-11-19(12-10-18)28(26,27)23-14-2-13-22/h3-6,9-12,17,20,23H,2,7-8,14H2,1H3,(H,24,25). The van der Waals surface area contributed by atoms with Crippen molar-refractivity contribution < 1.29 is 13.2 Å². The van der Waals surface area contributed by atoms with E-state index < -0.39 is 10.0 Å². The minimum atomic E-state index is -3.68. The molecule has 0 bridgehead atoms. The first-order chi connectivity index (χ1) is 13.4. The lowest BCUT2D eigenvalue weighted by Gasteiger charge is -2.19. The van der Waals surface area contributed by atoms with Crippen LogP contribution in [0.4, 0.5) is 0 Å².